The molecule has 0 aliphatic heterocycles. The molecule has 0 N–H and O–H groups in total. The van der Waals surface area contributed by atoms with E-state index in [-0.39, 0.29) is 58.9 Å². The first-order chi connectivity index (χ1) is 40.9. The van der Waals surface area contributed by atoms with E-state index in [4.69, 9.17) is 0 Å². The van der Waals surface area contributed by atoms with Gasteiger partial charge in [0.2, 0.25) is 30.4 Å². The molecule has 0 atom stereocenters. The van der Waals surface area contributed by atoms with Gasteiger partial charge in [-0.25, -0.2) is 133 Å². The second kappa shape index (κ2) is 42.9. The van der Waals surface area contributed by atoms with Gasteiger partial charge in [0, 0.05) is 58.9 Å². The smallest absolute Gasteiger partial charge is 0.247 e. The van der Waals surface area contributed by atoms with Crippen molar-refractivity contribution in [1.29, 1.82) is 0 Å². The Bertz CT molecular complexity index is 2990. The van der Waals surface area contributed by atoms with Crippen molar-refractivity contribution in [2.45, 2.75) is 239 Å². The number of aliphatic imine (C=N–C) groups is 5. The summed E-state index contributed by atoms with van der Waals surface area (Å²) in [6.45, 7) is 1.99. The molecule has 0 bridgehead atoms. The van der Waals surface area contributed by atoms with Crippen LogP contribution in [0.15, 0.2) is 68.1 Å². The first-order valence-electron chi connectivity index (χ1n) is 29.9. The molecule has 0 fully saturated rings. The fourth-order valence-electron chi connectivity index (χ4n) is 9.86. The van der Waals surface area contributed by atoms with E-state index in [9.17, 15) is 67.1 Å². The first kappa shape index (κ1) is 70.4. The minimum Gasteiger partial charge on any atom is -0.247 e. The molecule has 84 heavy (non-hydrogen) atoms. The molecule has 0 radical (unpaired) electrons. The lowest BCUT2D eigenvalue weighted by Crippen LogP contribution is -2.54. The molecule has 28 heteroatoms. The highest BCUT2D eigenvalue weighted by Crippen LogP contribution is 2.08. The summed E-state index contributed by atoms with van der Waals surface area (Å²) in [5.41, 5.74) is -6.54. The highest BCUT2D eigenvalue weighted by molar-refractivity contribution is 5.33. The number of isocyanates is 5. The van der Waals surface area contributed by atoms with Crippen LogP contribution in [-0.2, 0) is 82.9 Å². The van der Waals surface area contributed by atoms with Gasteiger partial charge in [-0.2, -0.15) is 0 Å². The van der Waals surface area contributed by atoms with Crippen molar-refractivity contribution in [3.63, 3.8) is 0 Å². The fourth-order valence-corrected chi connectivity index (χ4v) is 9.86. The molecular formula is C56H84N14O14. The highest BCUT2D eigenvalue weighted by atomic mass is 16.2. The van der Waals surface area contributed by atoms with Crippen LogP contribution in [0.4, 0.5) is 0 Å². The molecule has 0 spiro atoms. The summed E-state index contributed by atoms with van der Waals surface area (Å²) in [5, 5.41) is 0. The summed E-state index contributed by atoms with van der Waals surface area (Å²) >= 11 is 0. The fraction of sp³-hybridized carbons (Fsp3) is 0.750. The van der Waals surface area contributed by atoms with Crippen molar-refractivity contribution in [3.05, 3.63) is 94.4 Å². The topological polar surface area (TPSA) is 345 Å². The Morgan fingerprint density at radius 1 is 0.179 bits per heavy atom. The highest BCUT2D eigenvalue weighted by Gasteiger charge is 2.19. The van der Waals surface area contributed by atoms with Crippen LogP contribution < -0.4 is 51.2 Å². The zero-order valence-corrected chi connectivity index (χ0v) is 48.7. The summed E-state index contributed by atoms with van der Waals surface area (Å²) in [6.07, 6.45) is 23.1. The summed E-state index contributed by atoms with van der Waals surface area (Å²) in [4.78, 5) is 193. The maximum absolute atomic E-state index is 14.0. The summed E-state index contributed by atoms with van der Waals surface area (Å²) in [6, 6.07) is 0. The predicted octanol–water partition coefficient (Wildman–Crippen LogP) is 3.14. The molecule has 28 nitrogen and oxygen atoms in total. The van der Waals surface area contributed by atoms with Gasteiger partial charge in [0.05, 0.1) is 32.7 Å². The third-order valence-corrected chi connectivity index (χ3v) is 14.5. The Morgan fingerprint density at radius 2 is 0.286 bits per heavy atom. The molecular weight excluding hydrogens is 1090 g/mol. The van der Waals surface area contributed by atoms with Crippen LogP contribution in [0.25, 0.3) is 0 Å². The molecule has 0 amide bonds. The van der Waals surface area contributed by atoms with Gasteiger partial charge < -0.3 is 0 Å². The van der Waals surface area contributed by atoms with Gasteiger partial charge in [-0.15, -0.1) is 0 Å². The first-order valence-corrected chi connectivity index (χ1v) is 29.9. The van der Waals surface area contributed by atoms with Crippen LogP contribution in [0, 0.1) is 0 Å². The van der Waals surface area contributed by atoms with E-state index in [0.717, 1.165) is 41.1 Å². The third-order valence-electron chi connectivity index (χ3n) is 14.5. The van der Waals surface area contributed by atoms with E-state index in [0.29, 0.717) is 213 Å². The maximum Gasteiger partial charge on any atom is 0.336 e. The number of nitrogens with zero attached hydrogens (tertiary/aromatic N) is 14. The lowest BCUT2D eigenvalue weighted by Gasteiger charge is -2.15. The Kier molecular flexibility index (Phi) is 35.9. The van der Waals surface area contributed by atoms with E-state index >= 15 is 0 Å². The van der Waals surface area contributed by atoms with E-state index in [1.54, 1.807) is 0 Å². The quantitative estimate of drug-likeness (QED) is 0.0446. The lowest BCUT2D eigenvalue weighted by molar-refractivity contribution is 0.399. The summed E-state index contributed by atoms with van der Waals surface area (Å²) in [7, 11) is 0. The van der Waals surface area contributed by atoms with Crippen molar-refractivity contribution < 1.29 is 24.0 Å². The Labute approximate surface area is 484 Å². The van der Waals surface area contributed by atoms with Crippen LogP contribution in [0.5, 0.6) is 0 Å². The van der Waals surface area contributed by atoms with Crippen molar-refractivity contribution in [2.75, 3.05) is 32.7 Å². The Hall–Kier alpha value is -7.87. The molecule has 3 heterocycles. The summed E-state index contributed by atoms with van der Waals surface area (Å²) < 4.78 is 9.58. The molecule has 3 rings (SSSR count). The SMILES string of the molecule is O=C=NCCCCCCn1c(=O)n(CCCCCCN=C=O)c(=O)n(CCCCCCn2c(=O)n(CCCCCCN=C=O)c(=O)n(CCCCCCn3c(=O)n(CCCCCCN=C=O)c(=O)n(CCCCCCN=C=O)c3=O)c2=O)c1=O. The lowest BCUT2D eigenvalue weighted by atomic mass is 10.2. The monoisotopic (exact) mass is 1180 g/mol. The molecule has 0 aromatic carbocycles. The van der Waals surface area contributed by atoms with E-state index in [1.807, 2.05) is 0 Å². The summed E-state index contributed by atoms with van der Waals surface area (Å²) in [5.74, 6) is 0. The van der Waals surface area contributed by atoms with Crippen LogP contribution in [0.2, 0.25) is 0 Å². The van der Waals surface area contributed by atoms with Gasteiger partial charge in [-0.3, -0.25) is 0 Å². The van der Waals surface area contributed by atoms with Gasteiger partial charge in [-0.1, -0.05) is 89.9 Å². The standard InChI is InChI=1S/C56H84N14O14/c71-43-57-29-15-1-6-20-34-62-48(76)63(35-21-7-2-16-30-58-44-72)51(79)67(50(62)78)39-25-11-13-27-41-69-54(82)66(38-24-10-5-19-33-61-47-75)55(83)70(56(69)84)42-28-14-12-26-40-68-52(80)64(36-22-8-3-17-31-59-45-73)49(77)65(53(68)81)37-23-9-4-18-32-60-46-74/h1-42H2. The normalized spacial score (nSPS) is 10.9. The Morgan fingerprint density at radius 3 is 0.393 bits per heavy atom. The van der Waals surface area contributed by atoms with Gasteiger partial charge in [0.25, 0.3) is 0 Å². The third kappa shape index (κ3) is 24.5. The maximum atomic E-state index is 14.0. The minimum absolute atomic E-state index is 0.0106. The van der Waals surface area contributed by atoms with Crippen LogP contribution in [0.1, 0.15) is 180 Å². The van der Waals surface area contributed by atoms with Crippen molar-refractivity contribution in [3.8, 4) is 0 Å². The number of unbranched alkanes of at least 4 members (excludes halogenated alkanes) is 21. The number of rotatable bonds is 49. The van der Waals surface area contributed by atoms with Crippen molar-refractivity contribution in [1.82, 2.24) is 41.1 Å². The average Bonchev–Trinajstić information content (AvgIpc) is 2.88. The molecule has 0 saturated heterocycles. The van der Waals surface area contributed by atoms with Crippen LogP contribution >= 0.6 is 0 Å². The number of aromatic nitrogens is 9. The number of hydrogen-bond donors (Lipinski definition) is 0. The van der Waals surface area contributed by atoms with Gasteiger partial charge in [-0.05, 0) is 89.9 Å². The van der Waals surface area contributed by atoms with Gasteiger partial charge in [0.1, 0.15) is 0 Å². The van der Waals surface area contributed by atoms with Crippen LogP contribution in [0.3, 0.4) is 0 Å². The van der Waals surface area contributed by atoms with E-state index in [2.05, 4.69) is 25.0 Å². The zero-order valence-electron chi connectivity index (χ0n) is 48.7. The molecule has 3 aromatic rings. The second-order valence-corrected chi connectivity index (χ2v) is 20.7. The van der Waals surface area contributed by atoms with Crippen LogP contribution in [-0.4, -0.2) is 104 Å². The van der Waals surface area contributed by atoms with Crippen molar-refractivity contribution in [2.24, 2.45) is 25.0 Å². The molecule has 0 saturated carbocycles. The average molecular weight is 1180 g/mol. The molecule has 0 aliphatic rings. The molecule has 3 aromatic heterocycles. The molecule has 462 valence electrons. The van der Waals surface area contributed by atoms with E-state index in [1.165, 1.54) is 30.4 Å². The number of carbonyl (C=O) groups excluding carboxylic acids is 5. The predicted molar refractivity (Wildman–Crippen MR) is 312 cm³/mol. The zero-order chi connectivity index (χ0) is 61.2. The molecule has 0 aliphatic carbocycles. The van der Waals surface area contributed by atoms with E-state index < -0.39 is 51.2 Å². The van der Waals surface area contributed by atoms with Crippen molar-refractivity contribution >= 4 is 30.4 Å². The Balaban J connectivity index is 1.76. The number of hydrogen-bond acceptors (Lipinski definition) is 19. The largest absolute Gasteiger partial charge is 0.336 e. The minimum atomic E-state index is -0.774. The van der Waals surface area contributed by atoms with Gasteiger partial charge in [0.15, 0.2) is 0 Å². The molecule has 0 unspecified atom stereocenters. The van der Waals surface area contributed by atoms with Gasteiger partial charge >= 0.3 is 51.2 Å². The second-order valence-electron chi connectivity index (χ2n) is 20.7.